The molecule has 0 aromatic rings. The molecular weight excluding hydrogens is 76.1 g/mol. The lowest BCUT2D eigenvalue weighted by atomic mass is 10.3. The van der Waals surface area contributed by atoms with Crippen LogP contribution in [0.15, 0.2) is 11.8 Å². The third kappa shape index (κ3) is 1.82. The van der Waals surface area contributed by atoms with Crippen LogP contribution in [-0.2, 0) is 0 Å². The van der Waals surface area contributed by atoms with E-state index in [1.54, 1.807) is 0 Å². The molecule has 0 rings (SSSR count). The second-order valence-electron chi connectivity index (χ2n) is 1.33. The monoisotopic (exact) mass is 86.1 g/mol. The zero-order chi connectivity index (χ0) is 4.99. The molecule has 0 aliphatic heterocycles. The van der Waals surface area contributed by atoms with Crippen molar-refractivity contribution < 1.29 is 5.11 Å². The Morgan fingerprint density at radius 3 is 2.33 bits per heavy atom. The van der Waals surface area contributed by atoms with E-state index in [1.165, 1.54) is 0 Å². The summed E-state index contributed by atoms with van der Waals surface area (Å²) >= 11 is 0. The first-order valence-electron chi connectivity index (χ1n) is 2.11. The molecule has 1 N–H and O–H groups in total. The van der Waals surface area contributed by atoms with E-state index in [0.29, 0.717) is 0 Å². The first-order valence-corrected chi connectivity index (χ1v) is 2.11. The van der Waals surface area contributed by atoms with Gasteiger partial charge in [-0.2, -0.15) is 0 Å². The van der Waals surface area contributed by atoms with Gasteiger partial charge in [0.2, 0.25) is 0 Å². The predicted molar refractivity (Wildman–Crippen MR) is 26.7 cm³/mol. The summed E-state index contributed by atoms with van der Waals surface area (Å²) in [6.07, 6.45) is 2.08. The first kappa shape index (κ1) is 5.54. The molecule has 0 aromatic carbocycles. The number of hydrogen-bond acceptors (Lipinski definition) is 1. The largest absolute Gasteiger partial charge is 0.516 e. The molecule has 0 aromatic heterocycles. The molecule has 0 saturated carbocycles. The van der Waals surface area contributed by atoms with Crippen molar-refractivity contribution in [2.45, 2.75) is 20.3 Å². The van der Waals surface area contributed by atoms with Gasteiger partial charge in [-0.1, -0.05) is 6.92 Å². The molecule has 36 valence electrons. The van der Waals surface area contributed by atoms with Crippen LogP contribution >= 0.6 is 0 Å². The van der Waals surface area contributed by atoms with Crippen LogP contribution in [0.3, 0.4) is 0 Å². The fraction of sp³-hybridized carbons (Fsp3) is 0.600. The van der Waals surface area contributed by atoms with Gasteiger partial charge < -0.3 is 5.11 Å². The van der Waals surface area contributed by atoms with Crippen LogP contribution < -0.4 is 0 Å². The van der Waals surface area contributed by atoms with Crippen LogP contribution in [0.25, 0.3) is 0 Å². The predicted octanol–water partition coefficient (Wildman–Crippen LogP) is 1.86. The Labute approximate surface area is 38.3 Å². The smallest absolute Gasteiger partial charge is 0.0780 e. The van der Waals surface area contributed by atoms with Crippen LogP contribution in [0.5, 0.6) is 0 Å². The maximum Gasteiger partial charge on any atom is 0.0780 e. The number of aliphatic hydroxyl groups excluding tert-OH is 1. The van der Waals surface area contributed by atoms with Crippen molar-refractivity contribution in [1.82, 2.24) is 0 Å². The molecule has 1 heteroatoms. The average molecular weight is 86.1 g/mol. The molecule has 0 spiro atoms. The van der Waals surface area contributed by atoms with Crippen molar-refractivity contribution in [3.05, 3.63) is 11.8 Å². The van der Waals surface area contributed by atoms with E-state index in [1.807, 2.05) is 13.8 Å². The van der Waals surface area contributed by atoms with E-state index < -0.39 is 0 Å². The van der Waals surface area contributed by atoms with E-state index in [0.717, 1.165) is 18.3 Å². The Bertz CT molecular complexity index is 55.0. The van der Waals surface area contributed by atoms with Crippen molar-refractivity contribution in [2.75, 3.05) is 0 Å². The summed E-state index contributed by atoms with van der Waals surface area (Å²) in [5, 5.41) is 8.17. The molecule has 0 heterocycles. The van der Waals surface area contributed by atoms with Crippen molar-refractivity contribution in [3.8, 4) is 0 Å². The number of allylic oxidation sites excluding steroid dienone is 1. The van der Waals surface area contributed by atoms with E-state index >= 15 is 0 Å². The van der Waals surface area contributed by atoms with Crippen molar-refractivity contribution >= 4 is 0 Å². The standard InChI is InChI=1S/C5H10O/c1-3-5(2)4-6/h4,6H,3H2,1-2H3/b5-4+. The van der Waals surface area contributed by atoms with Gasteiger partial charge in [0.05, 0.1) is 6.26 Å². The summed E-state index contributed by atoms with van der Waals surface area (Å²) in [4.78, 5) is 0. The molecular formula is C5H10O. The molecule has 0 aliphatic rings. The third-order valence-electron chi connectivity index (χ3n) is 0.778. The van der Waals surface area contributed by atoms with Gasteiger partial charge in [0.25, 0.3) is 0 Å². The molecule has 0 saturated heterocycles. The SMILES string of the molecule is CC/C(C)=C/O. The summed E-state index contributed by atoms with van der Waals surface area (Å²) in [5.74, 6) is 0. The molecule has 0 fully saturated rings. The second kappa shape index (κ2) is 2.76. The van der Waals surface area contributed by atoms with Gasteiger partial charge in [0, 0.05) is 0 Å². The van der Waals surface area contributed by atoms with Gasteiger partial charge in [0.15, 0.2) is 0 Å². The molecule has 1 nitrogen and oxygen atoms in total. The Morgan fingerprint density at radius 2 is 2.33 bits per heavy atom. The molecule has 0 atom stereocenters. The van der Waals surface area contributed by atoms with Crippen molar-refractivity contribution in [3.63, 3.8) is 0 Å². The highest BCUT2D eigenvalue weighted by Crippen LogP contribution is 1.92. The molecule has 0 aliphatic carbocycles. The molecule has 0 unspecified atom stereocenters. The van der Waals surface area contributed by atoms with Crippen LogP contribution in [0.1, 0.15) is 20.3 Å². The van der Waals surface area contributed by atoms with Gasteiger partial charge in [-0.15, -0.1) is 0 Å². The zero-order valence-electron chi connectivity index (χ0n) is 4.23. The molecule has 6 heavy (non-hydrogen) atoms. The maximum atomic E-state index is 8.17. The lowest BCUT2D eigenvalue weighted by Crippen LogP contribution is -1.66. The molecule has 0 radical (unpaired) electrons. The third-order valence-corrected chi connectivity index (χ3v) is 0.778. The normalized spacial score (nSPS) is 12.0. The highest BCUT2D eigenvalue weighted by atomic mass is 16.2. The minimum Gasteiger partial charge on any atom is -0.516 e. The average Bonchev–Trinajstić information content (AvgIpc) is 1.65. The fourth-order valence-electron chi connectivity index (χ4n) is 0.0913. The Morgan fingerprint density at radius 1 is 1.83 bits per heavy atom. The number of hydrogen-bond donors (Lipinski definition) is 1. The summed E-state index contributed by atoms with van der Waals surface area (Å²) in [6, 6.07) is 0. The highest BCUT2D eigenvalue weighted by Gasteiger charge is 1.75. The summed E-state index contributed by atoms with van der Waals surface area (Å²) in [6.45, 7) is 3.89. The molecule has 0 amide bonds. The minimum atomic E-state index is 0.941. The highest BCUT2D eigenvalue weighted by molar-refractivity contribution is 4.89. The Hall–Kier alpha value is -0.460. The van der Waals surface area contributed by atoms with Gasteiger partial charge in [-0.05, 0) is 18.9 Å². The number of aliphatic hydroxyl groups is 1. The van der Waals surface area contributed by atoms with Crippen LogP contribution in [0.2, 0.25) is 0 Å². The van der Waals surface area contributed by atoms with E-state index in [-0.39, 0.29) is 0 Å². The Balaban J connectivity index is 3.22. The van der Waals surface area contributed by atoms with Crippen LogP contribution in [0.4, 0.5) is 0 Å². The number of rotatable bonds is 1. The lowest BCUT2D eigenvalue weighted by Gasteiger charge is -1.83. The Kier molecular flexibility index (Phi) is 2.55. The van der Waals surface area contributed by atoms with Gasteiger partial charge in [0.1, 0.15) is 0 Å². The van der Waals surface area contributed by atoms with E-state index in [4.69, 9.17) is 5.11 Å². The van der Waals surface area contributed by atoms with Gasteiger partial charge in [-0.3, -0.25) is 0 Å². The maximum absolute atomic E-state index is 8.17. The van der Waals surface area contributed by atoms with Crippen molar-refractivity contribution in [2.24, 2.45) is 0 Å². The van der Waals surface area contributed by atoms with Crippen LogP contribution in [0, 0.1) is 0 Å². The zero-order valence-corrected chi connectivity index (χ0v) is 4.23. The topological polar surface area (TPSA) is 20.2 Å². The van der Waals surface area contributed by atoms with E-state index in [2.05, 4.69) is 0 Å². The fourth-order valence-corrected chi connectivity index (χ4v) is 0.0913. The van der Waals surface area contributed by atoms with Crippen molar-refractivity contribution in [1.29, 1.82) is 0 Å². The lowest BCUT2D eigenvalue weighted by molar-refractivity contribution is 0.465. The first-order chi connectivity index (χ1) is 2.81. The van der Waals surface area contributed by atoms with Gasteiger partial charge in [-0.25, -0.2) is 0 Å². The summed E-state index contributed by atoms with van der Waals surface area (Å²) < 4.78 is 0. The van der Waals surface area contributed by atoms with Crippen LogP contribution in [-0.4, -0.2) is 5.11 Å². The van der Waals surface area contributed by atoms with Gasteiger partial charge >= 0.3 is 0 Å². The second-order valence-corrected chi connectivity index (χ2v) is 1.33. The minimum absolute atomic E-state index is 0.941. The summed E-state index contributed by atoms with van der Waals surface area (Å²) in [7, 11) is 0. The quantitative estimate of drug-likeness (QED) is 0.483. The van der Waals surface area contributed by atoms with E-state index in [9.17, 15) is 0 Å². The molecule has 0 bridgehead atoms. The summed E-state index contributed by atoms with van der Waals surface area (Å²) in [5.41, 5.74) is 1.02.